The number of nitrogens with zero attached hydrogens (tertiary/aromatic N) is 3. The van der Waals surface area contributed by atoms with E-state index in [0.717, 1.165) is 11.4 Å². The van der Waals surface area contributed by atoms with Gasteiger partial charge in [-0.1, -0.05) is 19.9 Å². The Bertz CT molecular complexity index is 604. The van der Waals surface area contributed by atoms with Crippen molar-refractivity contribution >= 4 is 11.4 Å². The molecule has 0 amide bonds. The van der Waals surface area contributed by atoms with Crippen LogP contribution < -0.4 is 5.73 Å². The molecule has 0 fully saturated rings. The summed E-state index contributed by atoms with van der Waals surface area (Å²) in [6, 6.07) is 4.88. The lowest BCUT2D eigenvalue weighted by atomic mass is 10.1. The van der Waals surface area contributed by atoms with Crippen LogP contribution in [-0.4, -0.2) is 14.5 Å². The molecule has 1 aromatic carbocycles. The fourth-order valence-corrected chi connectivity index (χ4v) is 2.00. The van der Waals surface area contributed by atoms with Crippen molar-refractivity contribution in [3.63, 3.8) is 0 Å². The quantitative estimate of drug-likeness (QED) is 0.520. The summed E-state index contributed by atoms with van der Waals surface area (Å²) in [4.78, 5) is 14.7. The van der Waals surface area contributed by atoms with Crippen LogP contribution in [0.4, 0.5) is 11.4 Å². The van der Waals surface area contributed by atoms with Gasteiger partial charge in [-0.15, -0.1) is 0 Å². The molecule has 0 aliphatic heterocycles. The number of hydrogen-bond acceptors (Lipinski definition) is 4. The number of imidazole rings is 1. The molecule has 0 saturated carbocycles. The van der Waals surface area contributed by atoms with Crippen LogP contribution in [0, 0.1) is 10.1 Å². The molecule has 19 heavy (non-hydrogen) atoms. The molecule has 2 aromatic rings. The predicted octanol–water partition coefficient (Wildman–Crippen LogP) is 2.55. The molecule has 6 nitrogen and oxygen atoms in total. The molecule has 2 rings (SSSR count). The molecule has 6 heteroatoms. The summed E-state index contributed by atoms with van der Waals surface area (Å²) in [5, 5.41) is 10.9. The number of nitro benzene ring substituents is 1. The van der Waals surface area contributed by atoms with Gasteiger partial charge in [-0.05, 0) is 11.6 Å². The van der Waals surface area contributed by atoms with Crippen molar-refractivity contribution in [2.24, 2.45) is 0 Å². The highest BCUT2D eigenvalue weighted by atomic mass is 16.6. The van der Waals surface area contributed by atoms with Crippen molar-refractivity contribution in [2.45, 2.75) is 26.3 Å². The minimum Gasteiger partial charge on any atom is -0.393 e. The highest BCUT2D eigenvalue weighted by Gasteiger charge is 2.13. The third-order valence-electron chi connectivity index (χ3n) is 2.91. The number of nitrogen functional groups attached to an aromatic ring is 1. The Morgan fingerprint density at radius 1 is 1.47 bits per heavy atom. The van der Waals surface area contributed by atoms with E-state index in [1.807, 2.05) is 10.8 Å². The third kappa shape index (κ3) is 2.73. The Kier molecular flexibility index (Phi) is 3.50. The van der Waals surface area contributed by atoms with E-state index in [4.69, 9.17) is 5.73 Å². The van der Waals surface area contributed by atoms with Gasteiger partial charge in [0, 0.05) is 30.9 Å². The summed E-state index contributed by atoms with van der Waals surface area (Å²) >= 11 is 0. The van der Waals surface area contributed by atoms with Gasteiger partial charge < -0.3 is 10.3 Å². The Morgan fingerprint density at radius 3 is 2.84 bits per heavy atom. The Labute approximate surface area is 111 Å². The number of nitro groups is 1. The zero-order chi connectivity index (χ0) is 14.0. The minimum atomic E-state index is -0.462. The topological polar surface area (TPSA) is 87.0 Å². The molecule has 0 atom stereocenters. The maximum Gasteiger partial charge on any atom is 0.292 e. The average Bonchev–Trinajstić information content (AvgIpc) is 2.79. The Hall–Kier alpha value is -2.37. The zero-order valence-corrected chi connectivity index (χ0v) is 10.9. The van der Waals surface area contributed by atoms with Gasteiger partial charge in [0.15, 0.2) is 0 Å². The van der Waals surface area contributed by atoms with E-state index in [2.05, 4.69) is 18.8 Å². The van der Waals surface area contributed by atoms with E-state index in [0.29, 0.717) is 12.5 Å². The summed E-state index contributed by atoms with van der Waals surface area (Å²) < 4.78 is 1.99. The molecule has 0 bridgehead atoms. The van der Waals surface area contributed by atoms with Gasteiger partial charge in [0.2, 0.25) is 0 Å². The van der Waals surface area contributed by atoms with Crippen LogP contribution in [0.25, 0.3) is 0 Å². The largest absolute Gasteiger partial charge is 0.393 e. The van der Waals surface area contributed by atoms with E-state index in [1.54, 1.807) is 18.3 Å². The van der Waals surface area contributed by atoms with E-state index >= 15 is 0 Å². The third-order valence-corrected chi connectivity index (χ3v) is 2.91. The standard InChI is InChI=1S/C13H16N4O2/c1-9(2)13-15-5-6-16(13)8-10-3-4-11(14)12(7-10)17(18)19/h3-7,9H,8,14H2,1-2H3. The van der Waals surface area contributed by atoms with Gasteiger partial charge in [-0.3, -0.25) is 10.1 Å². The molecule has 1 heterocycles. The molecule has 2 N–H and O–H groups in total. The number of aromatic nitrogens is 2. The summed E-state index contributed by atoms with van der Waals surface area (Å²) in [5.74, 6) is 1.26. The highest BCUT2D eigenvalue weighted by Crippen LogP contribution is 2.23. The van der Waals surface area contributed by atoms with Gasteiger partial charge in [0.05, 0.1) is 4.92 Å². The van der Waals surface area contributed by atoms with E-state index in [-0.39, 0.29) is 11.4 Å². The monoisotopic (exact) mass is 260 g/mol. The van der Waals surface area contributed by atoms with Crippen molar-refractivity contribution in [1.82, 2.24) is 9.55 Å². The fraction of sp³-hybridized carbons (Fsp3) is 0.308. The van der Waals surface area contributed by atoms with Crippen LogP contribution >= 0.6 is 0 Å². The molecule has 0 aliphatic rings. The van der Waals surface area contributed by atoms with Gasteiger partial charge in [0.1, 0.15) is 11.5 Å². The van der Waals surface area contributed by atoms with Crippen molar-refractivity contribution in [2.75, 3.05) is 5.73 Å². The SMILES string of the molecule is CC(C)c1nccn1Cc1ccc(N)c([N+](=O)[O-])c1. The first-order valence-corrected chi connectivity index (χ1v) is 6.03. The molecule has 0 aliphatic carbocycles. The summed E-state index contributed by atoms with van der Waals surface area (Å²) in [5.41, 5.74) is 6.55. The highest BCUT2D eigenvalue weighted by molar-refractivity contribution is 5.59. The van der Waals surface area contributed by atoms with Crippen LogP contribution in [0.1, 0.15) is 31.2 Å². The Morgan fingerprint density at radius 2 is 2.21 bits per heavy atom. The fourth-order valence-electron chi connectivity index (χ4n) is 2.00. The van der Waals surface area contributed by atoms with E-state index < -0.39 is 4.92 Å². The summed E-state index contributed by atoms with van der Waals surface area (Å²) in [6.45, 7) is 4.67. The number of anilines is 1. The molecule has 0 unspecified atom stereocenters. The van der Waals surface area contributed by atoms with Crippen LogP contribution in [0.2, 0.25) is 0 Å². The second-order valence-corrected chi connectivity index (χ2v) is 4.72. The van der Waals surface area contributed by atoms with Gasteiger partial charge in [-0.2, -0.15) is 0 Å². The first kappa shape index (κ1) is 13.1. The van der Waals surface area contributed by atoms with Gasteiger partial charge >= 0.3 is 0 Å². The lowest BCUT2D eigenvalue weighted by molar-refractivity contribution is -0.384. The normalized spacial score (nSPS) is 10.9. The summed E-state index contributed by atoms with van der Waals surface area (Å²) in [6.07, 6.45) is 3.61. The van der Waals surface area contributed by atoms with Crippen LogP contribution in [0.15, 0.2) is 30.6 Å². The van der Waals surface area contributed by atoms with Crippen molar-refractivity contribution in [1.29, 1.82) is 0 Å². The molecule has 100 valence electrons. The second kappa shape index (κ2) is 5.09. The number of benzene rings is 1. The zero-order valence-electron chi connectivity index (χ0n) is 10.9. The smallest absolute Gasteiger partial charge is 0.292 e. The van der Waals surface area contributed by atoms with Crippen LogP contribution in [0.5, 0.6) is 0 Å². The minimum absolute atomic E-state index is 0.0521. The van der Waals surface area contributed by atoms with Crippen molar-refractivity contribution in [3.8, 4) is 0 Å². The first-order valence-electron chi connectivity index (χ1n) is 6.03. The number of hydrogen-bond donors (Lipinski definition) is 1. The maximum atomic E-state index is 10.9. The van der Waals surface area contributed by atoms with Crippen LogP contribution in [-0.2, 0) is 6.54 Å². The molecule has 0 saturated heterocycles. The first-order chi connectivity index (χ1) is 8.99. The van der Waals surface area contributed by atoms with E-state index in [9.17, 15) is 10.1 Å². The predicted molar refractivity (Wildman–Crippen MR) is 72.9 cm³/mol. The lowest BCUT2D eigenvalue weighted by Gasteiger charge is -2.10. The van der Waals surface area contributed by atoms with E-state index in [1.165, 1.54) is 6.07 Å². The maximum absolute atomic E-state index is 10.9. The number of nitrogens with two attached hydrogens (primary N) is 1. The molecule has 0 radical (unpaired) electrons. The van der Waals surface area contributed by atoms with Gasteiger partial charge in [-0.25, -0.2) is 4.98 Å². The van der Waals surface area contributed by atoms with Gasteiger partial charge in [0.25, 0.3) is 5.69 Å². The van der Waals surface area contributed by atoms with Crippen molar-refractivity contribution in [3.05, 3.63) is 52.1 Å². The molecule has 0 spiro atoms. The van der Waals surface area contributed by atoms with Crippen LogP contribution in [0.3, 0.4) is 0 Å². The Balaban J connectivity index is 2.31. The molecule has 1 aromatic heterocycles. The second-order valence-electron chi connectivity index (χ2n) is 4.72. The lowest BCUT2D eigenvalue weighted by Crippen LogP contribution is -2.06. The number of rotatable bonds is 4. The van der Waals surface area contributed by atoms with Crippen molar-refractivity contribution < 1.29 is 4.92 Å². The molecular formula is C13H16N4O2. The summed E-state index contributed by atoms with van der Waals surface area (Å²) in [7, 11) is 0. The average molecular weight is 260 g/mol. The molecular weight excluding hydrogens is 244 g/mol.